The van der Waals surface area contributed by atoms with Crippen molar-refractivity contribution < 1.29 is 8.42 Å². The van der Waals surface area contributed by atoms with E-state index in [0.717, 1.165) is 30.1 Å². The van der Waals surface area contributed by atoms with Crippen molar-refractivity contribution in [3.63, 3.8) is 0 Å². The van der Waals surface area contributed by atoms with Crippen LogP contribution in [0.3, 0.4) is 0 Å². The number of sulfonamides is 1. The summed E-state index contributed by atoms with van der Waals surface area (Å²) < 4.78 is 28.9. The van der Waals surface area contributed by atoms with E-state index in [1.165, 1.54) is 0 Å². The molecule has 2 aromatic heterocycles. The van der Waals surface area contributed by atoms with E-state index in [1.807, 2.05) is 42.5 Å². The number of fused-ring (bicyclic) bond motifs is 2. The number of nitrogens with zero attached hydrogens (tertiary/aromatic N) is 6. The molecule has 0 spiro atoms. The van der Waals surface area contributed by atoms with Crippen molar-refractivity contribution in [2.75, 3.05) is 31.1 Å². The van der Waals surface area contributed by atoms with E-state index in [2.05, 4.69) is 20.2 Å². The van der Waals surface area contributed by atoms with Crippen LogP contribution < -0.4 is 4.90 Å². The van der Waals surface area contributed by atoms with Crippen molar-refractivity contribution in [3.05, 3.63) is 54.4 Å². The van der Waals surface area contributed by atoms with Crippen molar-refractivity contribution in [1.29, 1.82) is 0 Å². The summed E-state index contributed by atoms with van der Waals surface area (Å²) in [6, 6.07) is 13.2. The highest BCUT2D eigenvalue weighted by atomic mass is 32.2. The molecule has 0 N–H and O–H groups in total. The first-order valence-corrected chi connectivity index (χ1v) is 10.6. The third-order valence-electron chi connectivity index (χ3n) is 5.51. The quantitative estimate of drug-likeness (QED) is 0.668. The van der Waals surface area contributed by atoms with Crippen molar-refractivity contribution in [2.24, 2.45) is 11.8 Å². The molecule has 27 heavy (non-hydrogen) atoms. The molecule has 2 unspecified atom stereocenters. The van der Waals surface area contributed by atoms with Crippen LogP contribution in [0, 0.1) is 11.8 Å². The molecule has 140 valence electrons. The lowest BCUT2D eigenvalue weighted by Crippen LogP contribution is -2.34. The first kappa shape index (κ1) is 16.6. The maximum absolute atomic E-state index is 12.8. The Balaban J connectivity index is 1.27. The second-order valence-corrected chi connectivity index (χ2v) is 9.28. The van der Waals surface area contributed by atoms with E-state index in [0.29, 0.717) is 24.9 Å². The van der Waals surface area contributed by atoms with Gasteiger partial charge in [-0.2, -0.15) is 4.52 Å². The Hall–Kier alpha value is -2.52. The lowest BCUT2D eigenvalue weighted by atomic mass is 10.0. The number of hydrogen-bond donors (Lipinski definition) is 0. The third-order valence-corrected chi connectivity index (χ3v) is 7.29. The smallest absolute Gasteiger partial charge is 0.218 e. The zero-order valence-corrected chi connectivity index (χ0v) is 15.5. The van der Waals surface area contributed by atoms with Crippen molar-refractivity contribution in [3.8, 4) is 0 Å². The van der Waals surface area contributed by atoms with E-state index in [9.17, 15) is 8.42 Å². The van der Waals surface area contributed by atoms with Gasteiger partial charge in [0.25, 0.3) is 0 Å². The van der Waals surface area contributed by atoms with Gasteiger partial charge in [-0.15, -0.1) is 15.3 Å². The molecule has 8 nitrogen and oxygen atoms in total. The Morgan fingerprint density at radius 3 is 2.44 bits per heavy atom. The Morgan fingerprint density at radius 1 is 0.963 bits per heavy atom. The zero-order chi connectivity index (χ0) is 18.4. The van der Waals surface area contributed by atoms with Gasteiger partial charge in [0.1, 0.15) is 12.1 Å². The van der Waals surface area contributed by atoms with Crippen molar-refractivity contribution in [1.82, 2.24) is 24.1 Å². The van der Waals surface area contributed by atoms with Crippen LogP contribution in [0.4, 0.5) is 5.82 Å². The minimum Gasteiger partial charge on any atom is -0.355 e. The number of benzene rings is 1. The van der Waals surface area contributed by atoms with Gasteiger partial charge in [0.05, 0.1) is 5.75 Å². The maximum Gasteiger partial charge on any atom is 0.218 e. The van der Waals surface area contributed by atoms with E-state index >= 15 is 0 Å². The van der Waals surface area contributed by atoms with Crippen LogP contribution >= 0.6 is 0 Å². The summed E-state index contributed by atoms with van der Waals surface area (Å²) in [5.41, 5.74) is 1.55. The standard InChI is InChI=1S/C18H20N6O2S/c25-27(26,12-14-4-2-1-3-5-14)23-10-15-8-22(9-16(15)11-23)18-7-6-17-20-19-13-24(17)21-18/h1-7,13,15-16H,8-12H2. The fourth-order valence-corrected chi connectivity index (χ4v) is 5.76. The molecule has 5 rings (SSSR count). The molecule has 0 radical (unpaired) electrons. The summed E-state index contributed by atoms with van der Waals surface area (Å²) >= 11 is 0. The van der Waals surface area contributed by atoms with Gasteiger partial charge in [-0.3, -0.25) is 0 Å². The van der Waals surface area contributed by atoms with Gasteiger partial charge in [0, 0.05) is 26.2 Å². The van der Waals surface area contributed by atoms with E-state index in [1.54, 1.807) is 15.1 Å². The van der Waals surface area contributed by atoms with Crippen LogP contribution in [-0.4, -0.2) is 58.7 Å². The highest BCUT2D eigenvalue weighted by Gasteiger charge is 2.44. The van der Waals surface area contributed by atoms with Gasteiger partial charge in [0.2, 0.25) is 10.0 Å². The fourth-order valence-electron chi connectivity index (χ4n) is 4.13. The topological polar surface area (TPSA) is 83.7 Å². The molecular weight excluding hydrogens is 364 g/mol. The molecular formula is C18H20N6O2S. The predicted molar refractivity (Wildman–Crippen MR) is 101 cm³/mol. The van der Waals surface area contributed by atoms with Gasteiger partial charge in [-0.05, 0) is 29.5 Å². The average molecular weight is 384 g/mol. The number of aromatic nitrogens is 4. The molecule has 9 heteroatoms. The minimum atomic E-state index is -3.28. The second-order valence-electron chi connectivity index (χ2n) is 7.31. The Bertz CT molecular complexity index is 1050. The van der Waals surface area contributed by atoms with Crippen LogP contribution in [-0.2, 0) is 15.8 Å². The monoisotopic (exact) mass is 384 g/mol. The summed E-state index contributed by atoms with van der Waals surface area (Å²) in [6.45, 7) is 2.82. The van der Waals surface area contributed by atoms with E-state index in [4.69, 9.17) is 0 Å². The molecule has 0 amide bonds. The highest BCUT2D eigenvalue weighted by molar-refractivity contribution is 7.88. The maximum atomic E-state index is 12.8. The predicted octanol–water partition coefficient (Wildman–Crippen LogP) is 1.02. The molecule has 2 saturated heterocycles. The van der Waals surface area contributed by atoms with Gasteiger partial charge < -0.3 is 4.90 Å². The highest BCUT2D eigenvalue weighted by Crippen LogP contribution is 2.35. The average Bonchev–Trinajstić information content (AvgIpc) is 3.36. The molecule has 0 saturated carbocycles. The molecule has 2 aliphatic heterocycles. The lowest BCUT2D eigenvalue weighted by Gasteiger charge is -2.22. The summed E-state index contributed by atoms with van der Waals surface area (Å²) in [7, 11) is -3.28. The zero-order valence-electron chi connectivity index (χ0n) is 14.7. The molecule has 4 heterocycles. The largest absolute Gasteiger partial charge is 0.355 e. The SMILES string of the molecule is O=S(=O)(Cc1ccccc1)N1CC2CN(c3ccc4nncn4n3)CC2C1. The van der Waals surface area contributed by atoms with Crippen LogP contribution in [0.1, 0.15) is 5.56 Å². The Kier molecular flexibility index (Phi) is 3.87. The minimum absolute atomic E-state index is 0.0723. The first-order valence-electron chi connectivity index (χ1n) is 9.02. The molecule has 3 aromatic rings. The summed E-state index contributed by atoms with van der Waals surface area (Å²) in [5, 5.41) is 12.4. The molecule has 1 aromatic carbocycles. The van der Waals surface area contributed by atoms with Crippen LogP contribution in [0.2, 0.25) is 0 Å². The Morgan fingerprint density at radius 2 is 1.70 bits per heavy atom. The summed E-state index contributed by atoms with van der Waals surface area (Å²) in [4.78, 5) is 2.23. The second kappa shape index (κ2) is 6.28. The third kappa shape index (κ3) is 3.06. The van der Waals surface area contributed by atoms with E-state index < -0.39 is 10.0 Å². The van der Waals surface area contributed by atoms with Gasteiger partial charge in [-0.25, -0.2) is 12.7 Å². The van der Waals surface area contributed by atoms with Crippen LogP contribution in [0.5, 0.6) is 0 Å². The molecule has 2 fully saturated rings. The molecule has 2 atom stereocenters. The summed E-state index contributed by atoms with van der Waals surface area (Å²) in [5.74, 6) is 1.64. The van der Waals surface area contributed by atoms with Gasteiger partial charge in [-0.1, -0.05) is 30.3 Å². The lowest BCUT2D eigenvalue weighted by molar-refractivity contribution is 0.452. The number of hydrogen-bond acceptors (Lipinski definition) is 6. The van der Waals surface area contributed by atoms with Crippen LogP contribution in [0.15, 0.2) is 48.8 Å². The normalized spacial score (nSPS) is 23.2. The van der Waals surface area contributed by atoms with Crippen LogP contribution in [0.25, 0.3) is 5.65 Å². The fraction of sp³-hybridized carbons (Fsp3) is 0.389. The molecule has 0 aliphatic carbocycles. The summed E-state index contributed by atoms with van der Waals surface area (Å²) in [6.07, 6.45) is 1.59. The number of anilines is 1. The molecule has 0 bridgehead atoms. The Labute approximate surface area is 157 Å². The van der Waals surface area contributed by atoms with Gasteiger partial charge in [0.15, 0.2) is 5.65 Å². The van der Waals surface area contributed by atoms with Crippen molar-refractivity contribution >= 4 is 21.5 Å². The van der Waals surface area contributed by atoms with E-state index in [-0.39, 0.29) is 5.75 Å². The first-order chi connectivity index (χ1) is 13.1. The van der Waals surface area contributed by atoms with Gasteiger partial charge >= 0.3 is 0 Å². The number of rotatable bonds is 4. The van der Waals surface area contributed by atoms with Crippen molar-refractivity contribution in [2.45, 2.75) is 5.75 Å². The molecule has 2 aliphatic rings.